The number of hydrogen-bond acceptors (Lipinski definition) is 3. The maximum absolute atomic E-state index is 13.6. The van der Waals surface area contributed by atoms with Crippen molar-refractivity contribution in [1.82, 2.24) is 0 Å². The smallest absolute Gasteiger partial charge is 0.306 e. The first-order valence-corrected chi connectivity index (χ1v) is 4.69. The van der Waals surface area contributed by atoms with E-state index in [9.17, 15) is 14.3 Å². The fourth-order valence-corrected chi connectivity index (χ4v) is 1.48. The van der Waals surface area contributed by atoms with Crippen LogP contribution in [0.5, 0.6) is 5.75 Å². The molecule has 0 amide bonds. The molecule has 1 rings (SSSR count). The van der Waals surface area contributed by atoms with Crippen molar-refractivity contribution < 1.29 is 24.1 Å². The van der Waals surface area contributed by atoms with Gasteiger partial charge in [-0.3, -0.25) is 4.79 Å². The number of carboxylic acids is 1. The molecule has 0 aliphatic rings. The SMILES string of the molecule is COc1cc(C)cc(F)c1[C@@H](O)CC(=O)O. The number of carboxylic acid groups (broad SMARTS) is 1. The first-order valence-electron chi connectivity index (χ1n) is 4.69. The molecule has 0 spiro atoms. The van der Waals surface area contributed by atoms with Gasteiger partial charge in [0.2, 0.25) is 0 Å². The van der Waals surface area contributed by atoms with E-state index in [1.54, 1.807) is 13.0 Å². The van der Waals surface area contributed by atoms with E-state index in [1.807, 2.05) is 0 Å². The number of rotatable bonds is 4. The number of aliphatic hydroxyl groups is 1. The van der Waals surface area contributed by atoms with Gasteiger partial charge in [0.05, 0.1) is 25.2 Å². The maximum atomic E-state index is 13.6. The van der Waals surface area contributed by atoms with Gasteiger partial charge in [-0.2, -0.15) is 0 Å². The van der Waals surface area contributed by atoms with Gasteiger partial charge in [-0.25, -0.2) is 4.39 Å². The lowest BCUT2D eigenvalue weighted by Crippen LogP contribution is -2.09. The quantitative estimate of drug-likeness (QED) is 0.822. The van der Waals surface area contributed by atoms with E-state index in [0.717, 1.165) is 0 Å². The normalized spacial score (nSPS) is 12.2. The number of ether oxygens (including phenoxy) is 1. The van der Waals surface area contributed by atoms with Crippen molar-refractivity contribution in [2.75, 3.05) is 7.11 Å². The number of halogens is 1. The van der Waals surface area contributed by atoms with E-state index in [-0.39, 0.29) is 11.3 Å². The average Bonchev–Trinajstić information content (AvgIpc) is 2.14. The first-order chi connectivity index (χ1) is 7.45. The lowest BCUT2D eigenvalue weighted by molar-refractivity contribution is -0.139. The van der Waals surface area contributed by atoms with Gasteiger partial charge in [0.15, 0.2) is 0 Å². The number of aryl methyl sites for hydroxylation is 1. The molecule has 0 radical (unpaired) electrons. The van der Waals surface area contributed by atoms with Gasteiger partial charge < -0.3 is 14.9 Å². The molecule has 0 aromatic heterocycles. The second kappa shape index (κ2) is 4.94. The Morgan fingerprint density at radius 3 is 2.69 bits per heavy atom. The molecule has 1 atom stereocenters. The van der Waals surface area contributed by atoms with Crippen LogP contribution < -0.4 is 4.74 Å². The van der Waals surface area contributed by atoms with Gasteiger partial charge in [0.25, 0.3) is 0 Å². The highest BCUT2D eigenvalue weighted by molar-refractivity contribution is 5.68. The van der Waals surface area contributed by atoms with Crippen molar-refractivity contribution in [2.45, 2.75) is 19.4 Å². The van der Waals surface area contributed by atoms with E-state index in [4.69, 9.17) is 9.84 Å². The zero-order valence-corrected chi connectivity index (χ0v) is 9.03. The molecule has 0 saturated carbocycles. The Hall–Kier alpha value is -1.62. The molecule has 0 aliphatic carbocycles. The lowest BCUT2D eigenvalue weighted by Gasteiger charge is -2.14. The van der Waals surface area contributed by atoms with Crippen LogP contribution >= 0.6 is 0 Å². The van der Waals surface area contributed by atoms with Crippen LogP contribution in [-0.4, -0.2) is 23.3 Å². The average molecular weight is 228 g/mol. The number of carbonyl (C=O) groups is 1. The summed E-state index contributed by atoms with van der Waals surface area (Å²) in [6.07, 6.45) is -1.97. The molecule has 0 heterocycles. The summed E-state index contributed by atoms with van der Waals surface area (Å²) < 4.78 is 18.5. The Labute approximate surface area is 92.3 Å². The summed E-state index contributed by atoms with van der Waals surface area (Å²) in [4.78, 5) is 10.4. The van der Waals surface area contributed by atoms with Crippen molar-refractivity contribution in [3.05, 3.63) is 29.1 Å². The monoisotopic (exact) mass is 228 g/mol. The third-order valence-electron chi connectivity index (χ3n) is 2.16. The van der Waals surface area contributed by atoms with Crippen LogP contribution in [0.4, 0.5) is 4.39 Å². The lowest BCUT2D eigenvalue weighted by atomic mass is 10.0. The van der Waals surface area contributed by atoms with Gasteiger partial charge in [-0.15, -0.1) is 0 Å². The molecule has 16 heavy (non-hydrogen) atoms. The van der Waals surface area contributed by atoms with Gasteiger partial charge in [-0.1, -0.05) is 0 Å². The summed E-state index contributed by atoms with van der Waals surface area (Å²) in [5.74, 6) is -1.70. The highest BCUT2D eigenvalue weighted by atomic mass is 19.1. The second-order valence-corrected chi connectivity index (χ2v) is 3.48. The van der Waals surface area contributed by atoms with E-state index < -0.39 is 24.3 Å². The van der Waals surface area contributed by atoms with E-state index in [1.165, 1.54) is 13.2 Å². The third-order valence-corrected chi connectivity index (χ3v) is 2.16. The van der Waals surface area contributed by atoms with Crippen LogP contribution in [0.2, 0.25) is 0 Å². The van der Waals surface area contributed by atoms with Gasteiger partial charge in [0, 0.05) is 0 Å². The molecule has 0 saturated heterocycles. The largest absolute Gasteiger partial charge is 0.496 e. The minimum Gasteiger partial charge on any atom is -0.496 e. The van der Waals surface area contributed by atoms with Crippen molar-refractivity contribution in [3.8, 4) is 5.75 Å². The van der Waals surface area contributed by atoms with Gasteiger partial charge in [-0.05, 0) is 24.6 Å². The van der Waals surface area contributed by atoms with Crippen LogP contribution in [0.1, 0.15) is 23.7 Å². The van der Waals surface area contributed by atoms with Crippen molar-refractivity contribution in [1.29, 1.82) is 0 Å². The standard InChI is InChI=1S/C11H13FO4/c1-6-3-7(12)11(9(4-6)16-2)8(13)5-10(14)15/h3-4,8,13H,5H2,1-2H3,(H,14,15)/t8-/m0/s1. The van der Waals surface area contributed by atoms with Crippen LogP contribution in [0.3, 0.4) is 0 Å². The number of aliphatic carboxylic acids is 1. The summed E-state index contributed by atoms with van der Waals surface area (Å²) in [6, 6.07) is 2.77. The second-order valence-electron chi connectivity index (χ2n) is 3.48. The Balaban J connectivity index is 3.15. The first kappa shape index (κ1) is 12.4. The molecular weight excluding hydrogens is 215 g/mol. The summed E-state index contributed by atoms with van der Waals surface area (Å²) >= 11 is 0. The van der Waals surface area contributed by atoms with Gasteiger partial charge >= 0.3 is 5.97 Å². The molecule has 4 nitrogen and oxygen atoms in total. The fraction of sp³-hybridized carbons (Fsp3) is 0.364. The Bertz CT molecular complexity index is 403. The minimum atomic E-state index is -1.41. The molecular formula is C11H13FO4. The molecule has 0 fully saturated rings. The molecule has 5 heteroatoms. The van der Waals surface area contributed by atoms with Crippen molar-refractivity contribution >= 4 is 5.97 Å². The van der Waals surface area contributed by atoms with Crippen molar-refractivity contribution in [2.24, 2.45) is 0 Å². The molecule has 1 aromatic carbocycles. The minimum absolute atomic E-state index is 0.115. The Kier molecular flexibility index (Phi) is 3.84. The molecule has 0 aliphatic heterocycles. The highest BCUT2D eigenvalue weighted by Crippen LogP contribution is 2.31. The molecule has 88 valence electrons. The van der Waals surface area contributed by atoms with Crippen LogP contribution in [0.15, 0.2) is 12.1 Å². The van der Waals surface area contributed by atoms with Gasteiger partial charge in [0.1, 0.15) is 11.6 Å². The zero-order valence-electron chi connectivity index (χ0n) is 9.03. The van der Waals surface area contributed by atoms with E-state index in [0.29, 0.717) is 5.56 Å². The third kappa shape index (κ3) is 2.70. The number of aliphatic hydroxyl groups excluding tert-OH is 1. The molecule has 1 aromatic rings. The predicted octanol–water partition coefficient (Wildman–Crippen LogP) is 1.65. The molecule has 0 unspecified atom stereocenters. The van der Waals surface area contributed by atoms with Crippen LogP contribution in [0.25, 0.3) is 0 Å². The summed E-state index contributed by atoms with van der Waals surface area (Å²) in [6.45, 7) is 1.68. The Morgan fingerprint density at radius 1 is 1.56 bits per heavy atom. The number of hydrogen-bond donors (Lipinski definition) is 2. The number of methoxy groups -OCH3 is 1. The summed E-state index contributed by atoms with van der Waals surface area (Å²) in [5, 5.41) is 18.1. The maximum Gasteiger partial charge on any atom is 0.306 e. The van der Waals surface area contributed by atoms with Crippen LogP contribution in [-0.2, 0) is 4.79 Å². The van der Waals surface area contributed by atoms with E-state index in [2.05, 4.69) is 0 Å². The summed E-state index contributed by atoms with van der Waals surface area (Å²) in [7, 11) is 1.34. The van der Waals surface area contributed by atoms with Crippen molar-refractivity contribution in [3.63, 3.8) is 0 Å². The Morgan fingerprint density at radius 2 is 2.19 bits per heavy atom. The molecule has 2 N–H and O–H groups in total. The van der Waals surface area contributed by atoms with E-state index >= 15 is 0 Å². The molecule has 0 bridgehead atoms. The summed E-state index contributed by atoms with van der Waals surface area (Å²) in [5.41, 5.74) is 0.524. The fourth-order valence-electron chi connectivity index (χ4n) is 1.48. The number of benzene rings is 1. The zero-order chi connectivity index (χ0) is 12.3. The predicted molar refractivity (Wildman–Crippen MR) is 54.9 cm³/mol. The highest BCUT2D eigenvalue weighted by Gasteiger charge is 2.21. The topological polar surface area (TPSA) is 66.8 Å². The van der Waals surface area contributed by atoms with Crippen LogP contribution in [0, 0.1) is 12.7 Å².